The minimum absolute atomic E-state index is 0.239. The Kier molecular flexibility index (Phi) is 8.61. The summed E-state index contributed by atoms with van der Waals surface area (Å²) >= 11 is 0. The molecule has 0 amide bonds. The molecule has 0 bridgehead atoms. The zero-order chi connectivity index (χ0) is 35.7. The van der Waals surface area contributed by atoms with Crippen molar-refractivity contribution < 1.29 is 0 Å². The van der Waals surface area contributed by atoms with E-state index >= 15 is 0 Å². The second kappa shape index (κ2) is 14.0. The predicted molar refractivity (Wildman–Crippen MR) is 217 cm³/mol. The molecular weight excluding hydrogens is 647 g/mol. The van der Waals surface area contributed by atoms with E-state index in [1.54, 1.807) is 6.20 Å². The van der Waals surface area contributed by atoms with E-state index in [1.165, 1.54) is 16.7 Å². The fourth-order valence-electron chi connectivity index (χ4n) is 7.50. The Morgan fingerprint density at radius 2 is 1.25 bits per heavy atom. The van der Waals surface area contributed by atoms with Crippen LogP contribution >= 0.6 is 0 Å². The fourth-order valence-corrected chi connectivity index (χ4v) is 7.50. The van der Waals surface area contributed by atoms with Gasteiger partial charge in [-0.05, 0) is 71.8 Å². The highest BCUT2D eigenvalue weighted by Gasteiger charge is 2.22. The maximum absolute atomic E-state index is 5.34. The number of nitrogens with zero attached hydrogens (tertiary/aromatic N) is 5. The van der Waals surface area contributed by atoms with Crippen molar-refractivity contribution in [2.45, 2.75) is 44.4 Å². The molecule has 53 heavy (non-hydrogen) atoms. The number of pyridine rings is 3. The molecule has 4 aromatic carbocycles. The summed E-state index contributed by atoms with van der Waals surface area (Å²) in [6.07, 6.45) is 8.56. The molecular formula is C48H39N5. The van der Waals surface area contributed by atoms with Gasteiger partial charge in [0.25, 0.3) is 0 Å². The fraction of sp³-hybridized carbons (Fsp3) is 0.146. The highest BCUT2D eigenvalue weighted by Crippen LogP contribution is 2.38. The molecule has 0 spiro atoms. The summed E-state index contributed by atoms with van der Waals surface area (Å²) in [6, 6.07) is 48.6. The Balaban J connectivity index is 1.04. The zero-order valence-electron chi connectivity index (χ0n) is 29.9. The van der Waals surface area contributed by atoms with Crippen molar-refractivity contribution in [1.29, 1.82) is 0 Å². The number of allylic oxidation sites excluding steroid dienone is 2. The summed E-state index contributed by atoms with van der Waals surface area (Å²) in [5, 5.41) is 2.26. The summed E-state index contributed by atoms with van der Waals surface area (Å²) in [4.78, 5) is 25.2. The van der Waals surface area contributed by atoms with Gasteiger partial charge in [0.2, 0.25) is 0 Å². The summed E-state index contributed by atoms with van der Waals surface area (Å²) in [5.41, 5.74) is 12.4. The van der Waals surface area contributed by atoms with Gasteiger partial charge >= 0.3 is 0 Å². The highest BCUT2D eigenvalue weighted by molar-refractivity contribution is 6.08. The van der Waals surface area contributed by atoms with E-state index in [1.807, 2.05) is 42.5 Å². The first-order valence-electron chi connectivity index (χ1n) is 18.5. The second-order valence-corrected chi connectivity index (χ2v) is 14.2. The molecule has 8 aromatic rings. The zero-order valence-corrected chi connectivity index (χ0v) is 29.9. The van der Waals surface area contributed by atoms with Crippen LogP contribution in [0.15, 0.2) is 158 Å². The SMILES string of the molecule is CC(C)c1cc(-c2ccccc2)c2ccc3ccc(C4C=CC(c5cccc(-c6nc(-c7ccccc7)cc(-c7ccccn7)n6)c5)CC4)nc3c2n1. The van der Waals surface area contributed by atoms with Crippen LogP contribution in [0.3, 0.4) is 0 Å². The van der Waals surface area contributed by atoms with E-state index in [4.69, 9.17) is 19.9 Å². The Labute approximate surface area is 310 Å². The Morgan fingerprint density at radius 3 is 2.00 bits per heavy atom. The Morgan fingerprint density at radius 1 is 0.528 bits per heavy atom. The predicted octanol–water partition coefficient (Wildman–Crippen LogP) is 12.0. The monoisotopic (exact) mass is 685 g/mol. The highest BCUT2D eigenvalue weighted by atomic mass is 14.9. The molecule has 1 aliphatic carbocycles. The normalized spacial score (nSPS) is 15.7. The first kappa shape index (κ1) is 32.6. The van der Waals surface area contributed by atoms with Crippen LogP contribution in [0.1, 0.15) is 61.4 Å². The van der Waals surface area contributed by atoms with Crippen LogP contribution in [0, 0.1) is 0 Å². The van der Waals surface area contributed by atoms with Gasteiger partial charge in [0.15, 0.2) is 5.82 Å². The summed E-state index contributed by atoms with van der Waals surface area (Å²) in [6.45, 7) is 4.42. The molecule has 1 aliphatic rings. The van der Waals surface area contributed by atoms with E-state index in [-0.39, 0.29) is 5.92 Å². The van der Waals surface area contributed by atoms with E-state index in [2.05, 4.69) is 128 Å². The molecule has 2 unspecified atom stereocenters. The van der Waals surface area contributed by atoms with E-state index < -0.39 is 0 Å². The topological polar surface area (TPSA) is 64.5 Å². The van der Waals surface area contributed by atoms with Gasteiger partial charge in [0.05, 0.1) is 28.1 Å². The number of aromatic nitrogens is 5. The lowest BCUT2D eigenvalue weighted by molar-refractivity contribution is 0.593. The third-order valence-electron chi connectivity index (χ3n) is 10.4. The smallest absolute Gasteiger partial charge is 0.160 e. The van der Waals surface area contributed by atoms with Gasteiger partial charge in [0.1, 0.15) is 0 Å². The molecule has 9 rings (SSSR count). The van der Waals surface area contributed by atoms with Crippen molar-refractivity contribution in [2.75, 3.05) is 0 Å². The molecule has 0 fully saturated rings. The third-order valence-corrected chi connectivity index (χ3v) is 10.4. The molecule has 0 saturated heterocycles. The minimum Gasteiger partial charge on any atom is -0.255 e. The Bertz CT molecular complexity index is 2540. The molecule has 0 saturated carbocycles. The molecule has 0 radical (unpaired) electrons. The quantitative estimate of drug-likeness (QED) is 0.123. The summed E-state index contributed by atoms with van der Waals surface area (Å²) in [7, 11) is 0. The second-order valence-electron chi connectivity index (χ2n) is 14.2. The average molecular weight is 686 g/mol. The average Bonchev–Trinajstić information content (AvgIpc) is 3.24. The lowest BCUT2D eigenvalue weighted by atomic mass is 9.82. The van der Waals surface area contributed by atoms with Crippen molar-refractivity contribution in [3.63, 3.8) is 0 Å². The van der Waals surface area contributed by atoms with Crippen molar-refractivity contribution in [3.05, 3.63) is 175 Å². The lowest BCUT2D eigenvalue weighted by Gasteiger charge is -2.23. The van der Waals surface area contributed by atoms with Crippen LogP contribution < -0.4 is 0 Å². The first-order chi connectivity index (χ1) is 26.1. The summed E-state index contributed by atoms with van der Waals surface area (Å²) in [5.74, 6) is 1.54. The molecule has 4 heterocycles. The van der Waals surface area contributed by atoms with Crippen LogP contribution in [-0.4, -0.2) is 24.9 Å². The van der Waals surface area contributed by atoms with Crippen LogP contribution in [0.4, 0.5) is 0 Å². The maximum Gasteiger partial charge on any atom is 0.160 e. The molecule has 0 N–H and O–H groups in total. The van der Waals surface area contributed by atoms with E-state index in [9.17, 15) is 0 Å². The Hall–Kier alpha value is -6.33. The molecule has 256 valence electrons. The molecule has 4 aromatic heterocycles. The van der Waals surface area contributed by atoms with Crippen molar-refractivity contribution in [1.82, 2.24) is 24.9 Å². The van der Waals surface area contributed by atoms with E-state index in [0.717, 1.165) is 74.2 Å². The number of hydrogen-bond donors (Lipinski definition) is 0. The largest absolute Gasteiger partial charge is 0.255 e. The van der Waals surface area contributed by atoms with Gasteiger partial charge in [-0.3, -0.25) is 9.97 Å². The van der Waals surface area contributed by atoms with Crippen LogP contribution in [0.5, 0.6) is 0 Å². The minimum atomic E-state index is 0.239. The number of fused-ring (bicyclic) bond motifs is 3. The number of hydrogen-bond acceptors (Lipinski definition) is 5. The third kappa shape index (κ3) is 6.51. The van der Waals surface area contributed by atoms with Crippen LogP contribution in [0.2, 0.25) is 0 Å². The van der Waals surface area contributed by atoms with Crippen molar-refractivity contribution >= 4 is 21.8 Å². The summed E-state index contributed by atoms with van der Waals surface area (Å²) < 4.78 is 0. The van der Waals surface area contributed by atoms with Crippen molar-refractivity contribution in [2.24, 2.45) is 0 Å². The van der Waals surface area contributed by atoms with Crippen LogP contribution in [0.25, 0.3) is 67.0 Å². The van der Waals surface area contributed by atoms with Gasteiger partial charge in [-0.2, -0.15) is 0 Å². The molecule has 5 heteroatoms. The number of benzene rings is 4. The molecule has 0 aliphatic heterocycles. The van der Waals surface area contributed by atoms with Crippen molar-refractivity contribution in [3.8, 4) is 45.2 Å². The first-order valence-corrected chi connectivity index (χ1v) is 18.5. The van der Waals surface area contributed by atoms with E-state index in [0.29, 0.717) is 17.7 Å². The molecule has 5 nitrogen and oxygen atoms in total. The van der Waals surface area contributed by atoms with Gasteiger partial charge in [-0.25, -0.2) is 15.0 Å². The van der Waals surface area contributed by atoms with Crippen LogP contribution in [-0.2, 0) is 0 Å². The van der Waals surface area contributed by atoms with Gasteiger partial charge in [-0.15, -0.1) is 0 Å². The van der Waals surface area contributed by atoms with Gasteiger partial charge in [-0.1, -0.05) is 129 Å². The lowest BCUT2D eigenvalue weighted by Crippen LogP contribution is -2.08. The molecule has 2 atom stereocenters. The maximum atomic E-state index is 5.34. The number of rotatable bonds is 7. The van der Waals surface area contributed by atoms with Gasteiger partial charge < -0.3 is 0 Å². The van der Waals surface area contributed by atoms with Gasteiger partial charge in [0, 0.05) is 51.3 Å². The standard InChI is InChI=1S/C48H39N5/c1-31(2)43-29-40(33-12-5-3-6-13-33)39-25-23-36-24-26-41(50-46(36)47(39)51-43)35-21-19-32(20-22-35)37-16-11-17-38(28-37)48-52-44(34-14-7-4-8-15-34)30-45(53-48)42-18-9-10-27-49-42/h3-19,21,23-32,35H,20,22H2,1-2H3.